The van der Waals surface area contributed by atoms with E-state index in [-0.39, 0.29) is 18.1 Å². The van der Waals surface area contributed by atoms with E-state index >= 15 is 0 Å². The van der Waals surface area contributed by atoms with E-state index in [0.29, 0.717) is 17.1 Å². The molecule has 0 amide bonds. The number of hydrogen-bond acceptors (Lipinski definition) is 5. The fourth-order valence-electron chi connectivity index (χ4n) is 4.27. The Bertz CT molecular complexity index is 1360. The molecule has 178 valence electrons. The van der Waals surface area contributed by atoms with Gasteiger partial charge in [0.05, 0.1) is 0 Å². The maximum absolute atomic E-state index is 12.8. The monoisotopic (exact) mass is 460 g/mol. The molecule has 1 aromatic carbocycles. The zero-order valence-corrected chi connectivity index (χ0v) is 21.0. The molecular weight excluding hydrogens is 428 g/mol. The number of nitriles is 1. The molecule has 2 aromatic heterocycles. The standard InChI is InChI=1S/C28H32N2O4/c1-16(2)14-30-19(6)9-21(20(30)7)10-22(13-29)28(32)33-15-23-11-27(31)34-26-8-18(5)24(17(3)4)12-25(23)26/h8-12,16-17H,14-15H2,1-7H3. The summed E-state index contributed by atoms with van der Waals surface area (Å²) in [6.07, 6.45) is 1.57. The van der Waals surface area contributed by atoms with Crippen LogP contribution in [0.2, 0.25) is 0 Å². The van der Waals surface area contributed by atoms with E-state index in [1.165, 1.54) is 6.07 Å². The molecule has 0 bridgehead atoms. The Morgan fingerprint density at radius 1 is 1.15 bits per heavy atom. The van der Waals surface area contributed by atoms with Crippen molar-refractivity contribution in [3.8, 4) is 6.07 Å². The van der Waals surface area contributed by atoms with Crippen molar-refractivity contribution in [2.45, 2.75) is 67.5 Å². The molecular formula is C28H32N2O4. The van der Waals surface area contributed by atoms with Gasteiger partial charge in [-0.15, -0.1) is 0 Å². The SMILES string of the molecule is Cc1cc2oc(=O)cc(COC(=O)C(C#N)=Cc3cc(C)n(CC(C)C)c3C)c2cc1C(C)C. The Kier molecular flexibility index (Phi) is 7.46. The van der Waals surface area contributed by atoms with E-state index in [2.05, 4.69) is 32.3 Å². The molecule has 0 aliphatic rings. The zero-order valence-electron chi connectivity index (χ0n) is 21.0. The van der Waals surface area contributed by atoms with Crippen molar-refractivity contribution in [2.24, 2.45) is 5.92 Å². The fraction of sp³-hybridized carbons (Fsp3) is 0.393. The summed E-state index contributed by atoms with van der Waals surface area (Å²) in [7, 11) is 0. The molecule has 3 aromatic rings. The van der Waals surface area contributed by atoms with Crippen LogP contribution >= 0.6 is 0 Å². The summed E-state index contributed by atoms with van der Waals surface area (Å²) >= 11 is 0. The van der Waals surface area contributed by atoms with Gasteiger partial charge in [-0.1, -0.05) is 27.7 Å². The van der Waals surface area contributed by atoms with Crippen LogP contribution in [0.1, 0.15) is 67.3 Å². The number of aryl methyl sites for hydroxylation is 2. The molecule has 0 unspecified atom stereocenters. The molecule has 0 atom stereocenters. The van der Waals surface area contributed by atoms with E-state index in [4.69, 9.17) is 9.15 Å². The number of benzene rings is 1. The number of esters is 1. The zero-order chi connectivity index (χ0) is 25.2. The highest BCUT2D eigenvalue weighted by Gasteiger charge is 2.17. The number of rotatable bonds is 7. The summed E-state index contributed by atoms with van der Waals surface area (Å²) in [4.78, 5) is 24.8. The molecule has 0 N–H and O–H groups in total. The van der Waals surface area contributed by atoms with E-state index in [0.717, 1.165) is 40.0 Å². The van der Waals surface area contributed by atoms with E-state index < -0.39 is 11.6 Å². The third-order valence-corrected chi connectivity index (χ3v) is 6.00. The van der Waals surface area contributed by atoms with Crippen LogP contribution in [0.25, 0.3) is 17.0 Å². The average Bonchev–Trinajstić information content (AvgIpc) is 3.01. The molecule has 0 aliphatic heterocycles. The van der Waals surface area contributed by atoms with Gasteiger partial charge in [-0.25, -0.2) is 9.59 Å². The summed E-state index contributed by atoms with van der Waals surface area (Å²) in [6, 6.07) is 9.08. The number of ether oxygens (including phenoxy) is 1. The van der Waals surface area contributed by atoms with Crippen LogP contribution in [-0.4, -0.2) is 10.5 Å². The summed E-state index contributed by atoms with van der Waals surface area (Å²) in [5.74, 6) is 0.0312. The minimum Gasteiger partial charge on any atom is -0.457 e. The highest BCUT2D eigenvalue weighted by atomic mass is 16.5. The Morgan fingerprint density at radius 3 is 2.47 bits per heavy atom. The second kappa shape index (κ2) is 10.1. The van der Waals surface area contributed by atoms with Crippen LogP contribution < -0.4 is 5.63 Å². The molecule has 3 rings (SSSR count). The van der Waals surface area contributed by atoms with Gasteiger partial charge in [-0.2, -0.15) is 5.26 Å². The summed E-state index contributed by atoms with van der Waals surface area (Å²) < 4.78 is 13.0. The lowest BCUT2D eigenvalue weighted by Gasteiger charge is -2.13. The quantitative estimate of drug-likeness (QED) is 0.188. The molecule has 0 saturated heterocycles. The molecule has 0 fully saturated rings. The predicted molar refractivity (Wildman–Crippen MR) is 133 cm³/mol. The lowest BCUT2D eigenvalue weighted by Crippen LogP contribution is -2.10. The molecule has 0 saturated carbocycles. The number of aromatic nitrogens is 1. The molecule has 6 nitrogen and oxygen atoms in total. The van der Waals surface area contributed by atoms with Crippen molar-refractivity contribution in [3.63, 3.8) is 0 Å². The Morgan fingerprint density at radius 2 is 1.85 bits per heavy atom. The highest BCUT2D eigenvalue weighted by Crippen LogP contribution is 2.27. The van der Waals surface area contributed by atoms with Crippen molar-refractivity contribution in [1.29, 1.82) is 5.26 Å². The van der Waals surface area contributed by atoms with Crippen LogP contribution in [0.5, 0.6) is 0 Å². The first-order chi connectivity index (χ1) is 16.0. The average molecular weight is 461 g/mol. The van der Waals surface area contributed by atoms with Gasteiger partial charge in [0, 0.05) is 34.9 Å². The van der Waals surface area contributed by atoms with E-state index in [9.17, 15) is 14.9 Å². The summed E-state index contributed by atoms with van der Waals surface area (Å²) in [6.45, 7) is 15.2. The van der Waals surface area contributed by atoms with Gasteiger partial charge in [0.1, 0.15) is 23.8 Å². The van der Waals surface area contributed by atoms with Crippen molar-refractivity contribution in [3.05, 3.63) is 73.9 Å². The first kappa shape index (κ1) is 25.0. The molecule has 2 heterocycles. The van der Waals surface area contributed by atoms with Gasteiger partial charge < -0.3 is 13.7 Å². The number of carbonyl (C=O) groups excluding carboxylic acids is 1. The van der Waals surface area contributed by atoms with Crippen molar-refractivity contribution >= 4 is 23.0 Å². The van der Waals surface area contributed by atoms with Gasteiger partial charge in [-0.3, -0.25) is 0 Å². The maximum Gasteiger partial charge on any atom is 0.349 e. The maximum atomic E-state index is 12.8. The third kappa shape index (κ3) is 5.31. The lowest BCUT2D eigenvalue weighted by atomic mass is 9.95. The second-order valence-corrected chi connectivity index (χ2v) is 9.53. The third-order valence-electron chi connectivity index (χ3n) is 6.00. The van der Waals surface area contributed by atoms with Crippen molar-refractivity contribution in [1.82, 2.24) is 4.57 Å². The number of fused-ring (bicyclic) bond motifs is 1. The Labute approximate surface area is 200 Å². The van der Waals surface area contributed by atoms with Crippen LogP contribution in [0.3, 0.4) is 0 Å². The van der Waals surface area contributed by atoms with Crippen molar-refractivity contribution < 1.29 is 13.9 Å². The lowest BCUT2D eigenvalue weighted by molar-refractivity contribution is -0.139. The van der Waals surface area contributed by atoms with Gasteiger partial charge in [-0.05, 0) is 73.6 Å². The fourth-order valence-corrected chi connectivity index (χ4v) is 4.27. The van der Waals surface area contributed by atoms with Gasteiger partial charge >= 0.3 is 11.6 Å². The van der Waals surface area contributed by atoms with E-state index in [1.807, 2.05) is 45.0 Å². The smallest absolute Gasteiger partial charge is 0.349 e. The molecule has 0 aliphatic carbocycles. The van der Waals surface area contributed by atoms with Crippen LogP contribution in [0, 0.1) is 38.0 Å². The molecule has 6 heteroatoms. The second-order valence-electron chi connectivity index (χ2n) is 9.53. The Balaban J connectivity index is 1.89. The van der Waals surface area contributed by atoms with Gasteiger partial charge in [0.2, 0.25) is 0 Å². The van der Waals surface area contributed by atoms with Crippen LogP contribution in [0.4, 0.5) is 0 Å². The van der Waals surface area contributed by atoms with Crippen LogP contribution in [0.15, 0.2) is 39.1 Å². The largest absolute Gasteiger partial charge is 0.457 e. The Hall–Kier alpha value is -3.59. The van der Waals surface area contributed by atoms with Crippen LogP contribution in [-0.2, 0) is 22.7 Å². The summed E-state index contributed by atoms with van der Waals surface area (Å²) in [5.41, 5.74) is 5.45. The van der Waals surface area contributed by atoms with E-state index in [1.54, 1.807) is 6.08 Å². The minimum absolute atomic E-state index is 0.0872. The highest BCUT2D eigenvalue weighted by molar-refractivity contribution is 5.98. The number of hydrogen-bond donors (Lipinski definition) is 0. The topological polar surface area (TPSA) is 85.2 Å². The van der Waals surface area contributed by atoms with Gasteiger partial charge in [0.15, 0.2) is 0 Å². The predicted octanol–water partition coefficient (Wildman–Crippen LogP) is 5.95. The van der Waals surface area contributed by atoms with Gasteiger partial charge in [0.25, 0.3) is 0 Å². The number of carbonyl (C=O) groups is 1. The normalized spacial score (nSPS) is 11.9. The minimum atomic E-state index is -0.728. The first-order valence-electron chi connectivity index (χ1n) is 11.5. The molecule has 0 radical (unpaired) electrons. The molecule has 34 heavy (non-hydrogen) atoms. The summed E-state index contributed by atoms with van der Waals surface area (Å²) in [5, 5.41) is 10.3. The molecule has 0 spiro atoms. The van der Waals surface area contributed by atoms with Crippen molar-refractivity contribution in [2.75, 3.05) is 0 Å². The number of nitrogens with zero attached hydrogens (tertiary/aromatic N) is 2. The first-order valence-corrected chi connectivity index (χ1v) is 11.5.